The molecule has 10 nitrogen and oxygen atoms in total. The number of rotatable bonds is 4. The van der Waals surface area contributed by atoms with Crippen molar-refractivity contribution in [2.24, 2.45) is 15.3 Å². The Hall–Kier alpha value is -3.25. The van der Waals surface area contributed by atoms with Crippen molar-refractivity contribution in [3.63, 3.8) is 0 Å². The Bertz CT molecular complexity index is 1420. The minimum absolute atomic E-state index is 0.00730. The number of benzene rings is 1. The normalized spacial score (nSPS) is 17.8. The van der Waals surface area contributed by atoms with E-state index in [9.17, 15) is 18.0 Å². The summed E-state index contributed by atoms with van der Waals surface area (Å²) in [6, 6.07) is 4.82. The second kappa shape index (κ2) is 8.02. The van der Waals surface area contributed by atoms with E-state index in [1.807, 2.05) is 0 Å². The van der Waals surface area contributed by atoms with Crippen LogP contribution in [0.1, 0.15) is 19.4 Å². The number of para-hydroxylation sites is 1. The first-order chi connectivity index (χ1) is 15.1. The number of carbonyl (C=O) groups excluding carboxylic acids is 1. The van der Waals surface area contributed by atoms with Crippen LogP contribution >= 0.6 is 11.9 Å². The molecule has 1 amide bonds. The number of carbonyl (C=O) groups is 1. The number of nitrogens with zero attached hydrogens (tertiary/aromatic N) is 3. The second-order valence-corrected chi connectivity index (χ2v) is 10.1. The van der Waals surface area contributed by atoms with Gasteiger partial charge in [-0.2, -0.15) is 9.39 Å². The van der Waals surface area contributed by atoms with Crippen LogP contribution < -0.4 is 10.2 Å². The van der Waals surface area contributed by atoms with Crippen LogP contribution in [0.15, 0.2) is 48.6 Å². The molecule has 0 saturated carbocycles. The highest BCUT2D eigenvalue weighted by Crippen LogP contribution is 2.31. The fraction of sp³-hybridized carbons (Fsp3) is 0.250. The number of hydrogen-bond acceptors (Lipinski definition) is 9. The fourth-order valence-corrected chi connectivity index (χ4v) is 6.01. The highest BCUT2D eigenvalue weighted by molar-refractivity contribution is 8.16. The lowest BCUT2D eigenvalue weighted by atomic mass is 10.1. The lowest BCUT2D eigenvalue weighted by molar-refractivity contribution is -0.114. The van der Waals surface area contributed by atoms with Gasteiger partial charge in [0.1, 0.15) is 12.1 Å². The number of methoxy groups -OCH3 is 1. The molecule has 0 radical (unpaired) electrons. The summed E-state index contributed by atoms with van der Waals surface area (Å²) in [7, 11) is -2.37. The lowest BCUT2D eigenvalue weighted by Crippen LogP contribution is -2.46. The molecule has 32 heavy (non-hydrogen) atoms. The summed E-state index contributed by atoms with van der Waals surface area (Å²) in [6.45, 7) is 3.50. The number of sulfone groups is 1. The Kier molecular flexibility index (Phi) is 5.51. The first kappa shape index (κ1) is 22.0. The smallest absolute Gasteiger partial charge is 0.283 e. The number of fused-ring (bicyclic) bond motifs is 2. The Morgan fingerprint density at radius 3 is 2.75 bits per heavy atom. The summed E-state index contributed by atoms with van der Waals surface area (Å²) in [5.74, 6) is -1.17. The van der Waals surface area contributed by atoms with E-state index in [-0.39, 0.29) is 44.1 Å². The average Bonchev–Trinajstić information content (AvgIpc) is 3.16. The van der Waals surface area contributed by atoms with E-state index in [4.69, 9.17) is 14.6 Å². The van der Waals surface area contributed by atoms with Crippen LogP contribution in [0, 0.1) is 11.3 Å². The van der Waals surface area contributed by atoms with Crippen LogP contribution in [-0.2, 0) is 14.6 Å². The van der Waals surface area contributed by atoms with E-state index in [2.05, 4.69) is 9.39 Å². The summed E-state index contributed by atoms with van der Waals surface area (Å²) in [4.78, 5) is 30.4. The van der Waals surface area contributed by atoms with E-state index >= 15 is 0 Å². The van der Waals surface area contributed by atoms with Gasteiger partial charge in [0, 0.05) is 0 Å². The molecular weight excluding hydrogens is 456 g/mol. The lowest BCUT2D eigenvalue weighted by Gasteiger charge is -2.24. The van der Waals surface area contributed by atoms with E-state index in [1.54, 1.807) is 32.0 Å². The molecule has 0 bridgehead atoms. The zero-order valence-corrected chi connectivity index (χ0v) is 18.9. The van der Waals surface area contributed by atoms with Gasteiger partial charge in [-0.15, -0.1) is 0 Å². The molecule has 12 heteroatoms. The molecule has 1 aromatic carbocycles. The van der Waals surface area contributed by atoms with Gasteiger partial charge in [0.05, 0.1) is 41.3 Å². The van der Waals surface area contributed by atoms with Crippen LogP contribution in [0.4, 0.5) is 0 Å². The molecule has 0 fully saturated rings. The minimum Gasteiger partial charge on any atom is -0.493 e. The molecule has 1 N–H and O–H groups in total. The summed E-state index contributed by atoms with van der Waals surface area (Å²) in [5.41, 5.74) is -0.436. The summed E-state index contributed by atoms with van der Waals surface area (Å²) < 4.78 is 40.1. The van der Waals surface area contributed by atoms with Gasteiger partial charge >= 0.3 is 0 Å². The van der Waals surface area contributed by atoms with Crippen LogP contribution in [0.2, 0.25) is 0 Å². The van der Waals surface area contributed by atoms with E-state index in [0.717, 1.165) is 11.2 Å². The van der Waals surface area contributed by atoms with Gasteiger partial charge in [-0.3, -0.25) is 15.0 Å². The summed E-state index contributed by atoms with van der Waals surface area (Å²) in [6.07, 6.45) is 2.33. The quantitative estimate of drug-likeness (QED) is 0.526. The number of amides is 1. The predicted molar refractivity (Wildman–Crippen MR) is 123 cm³/mol. The first-order valence-corrected chi connectivity index (χ1v) is 11.9. The van der Waals surface area contributed by atoms with Crippen molar-refractivity contribution in [1.82, 2.24) is 4.90 Å². The minimum atomic E-state index is -3.82. The van der Waals surface area contributed by atoms with Crippen molar-refractivity contribution in [2.45, 2.75) is 13.8 Å². The first-order valence-electron chi connectivity index (χ1n) is 9.44. The van der Waals surface area contributed by atoms with Gasteiger partial charge < -0.3 is 9.15 Å². The fourth-order valence-electron chi connectivity index (χ4n) is 3.28. The summed E-state index contributed by atoms with van der Waals surface area (Å²) >= 11 is 0.715. The second-order valence-electron chi connectivity index (χ2n) is 7.44. The maximum Gasteiger partial charge on any atom is 0.283 e. The monoisotopic (exact) mass is 474 g/mol. The Balaban J connectivity index is 1.79. The van der Waals surface area contributed by atoms with Gasteiger partial charge in [-0.1, -0.05) is 19.9 Å². The standard InChI is InChI=1S/C20H18N4O6S2/c1-10(2)9-32(27,28)20-23-31-19-22-18(26)13(17(21)24(19)20)7-11-8-30-16-12(15(11)25)5-4-6-14(16)29-3/h4-8,10,21H,9H2,1-3H3. The highest BCUT2D eigenvalue weighted by atomic mass is 32.2. The molecule has 0 saturated heterocycles. The van der Waals surface area contributed by atoms with Crippen LogP contribution in [0.25, 0.3) is 17.0 Å². The maximum atomic E-state index is 12.9. The van der Waals surface area contributed by atoms with E-state index in [1.165, 1.54) is 13.2 Å². The molecule has 1 aromatic heterocycles. The van der Waals surface area contributed by atoms with Gasteiger partial charge in [0.2, 0.25) is 20.2 Å². The number of aliphatic imine (C=N–C) groups is 1. The molecule has 2 aliphatic heterocycles. The Labute approximate surface area is 187 Å². The number of hydrogen-bond donors (Lipinski definition) is 1. The zero-order valence-electron chi connectivity index (χ0n) is 17.3. The van der Waals surface area contributed by atoms with E-state index in [0.29, 0.717) is 17.7 Å². The molecule has 2 aliphatic rings. The third-order valence-electron chi connectivity index (χ3n) is 4.63. The number of ether oxygens (including phenoxy) is 1. The molecule has 2 aromatic rings. The van der Waals surface area contributed by atoms with Gasteiger partial charge in [-0.05, 0) is 24.1 Å². The Morgan fingerprint density at radius 1 is 1.31 bits per heavy atom. The predicted octanol–water partition coefficient (Wildman–Crippen LogP) is 2.45. The van der Waals surface area contributed by atoms with Crippen molar-refractivity contribution in [2.75, 3.05) is 12.9 Å². The van der Waals surface area contributed by atoms with Crippen LogP contribution in [0.3, 0.4) is 0 Å². The average molecular weight is 475 g/mol. The van der Waals surface area contributed by atoms with Crippen molar-refractivity contribution in [1.29, 1.82) is 5.41 Å². The molecule has 0 aliphatic carbocycles. The highest BCUT2D eigenvalue weighted by Gasteiger charge is 2.42. The molecule has 0 unspecified atom stereocenters. The third-order valence-corrected chi connectivity index (χ3v) is 7.39. The SMILES string of the molecule is COc1cccc2c(=O)c(C=C3C(=N)N4C(=NC3=O)SN=C4S(=O)(=O)CC(C)C)coc12. The van der Waals surface area contributed by atoms with Gasteiger partial charge in [-0.25, -0.2) is 13.3 Å². The van der Waals surface area contributed by atoms with Crippen molar-refractivity contribution in [3.05, 3.63) is 45.8 Å². The topological polar surface area (TPSA) is 142 Å². The molecule has 0 spiro atoms. The van der Waals surface area contributed by atoms with Gasteiger partial charge in [0.25, 0.3) is 5.91 Å². The molecule has 0 atom stereocenters. The largest absolute Gasteiger partial charge is 0.493 e. The maximum absolute atomic E-state index is 12.9. The molecule has 4 rings (SSSR count). The van der Waals surface area contributed by atoms with Crippen LogP contribution in [-0.4, -0.2) is 48.3 Å². The summed E-state index contributed by atoms with van der Waals surface area (Å²) in [5, 5.41) is 8.35. The van der Waals surface area contributed by atoms with Crippen molar-refractivity contribution < 1.29 is 22.4 Å². The van der Waals surface area contributed by atoms with Crippen LogP contribution in [0.5, 0.6) is 5.75 Å². The molecule has 166 valence electrons. The Morgan fingerprint density at radius 2 is 2.06 bits per heavy atom. The number of amidine groups is 3. The third kappa shape index (κ3) is 3.65. The van der Waals surface area contributed by atoms with Gasteiger partial charge in [0.15, 0.2) is 16.8 Å². The zero-order chi connectivity index (χ0) is 23.2. The number of nitrogens with one attached hydrogen (secondary N) is 1. The van der Waals surface area contributed by atoms with Crippen molar-refractivity contribution in [3.8, 4) is 5.75 Å². The molecule has 3 heterocycles. The van der Waals surface area contributed by atoms with Crippen molar-refractivity contribution >= 4 is 60.9 Å². The van der Waals surface area contributed by atoms with E-state index < -0.39 is 27.0 Å². The molecular formula is C20H18N4O6S2.